The Labute approximate surface area is 135 Å². The molecule has 0 aliphatic rings. The van der Waals surface area contributed by atoms with E-state index >= 15 is 0 Å². The molecule has 0 atom stereocenters. The summed E-state index contributed by atoms with van der Waals surface area (Å²) in [5, 5.41) is 0. The van der Waals surface area contributed by atoms with Crippen molar-refractivity contribution in [3.63, 3.8) is 0 Å². The summed E-state index contributed by atoms with van der Waals surface area (Å²) in [6.07, 6.45) is 0. The Morgan fingerprint density at radius 3 is 2.29 bits per heavy atom. The Bertz CT molecular complexity index is 600. The fraction of sp³-hybridized carbons (Fsp3) is 0.333. The Morgan fingerprint density at radius 2 is 1.71 bits per heavy atom. The zero-order valence-corrected chi connectivity index (χ0v) is 14.4. The first-order valence-electron chi connectivity index (χ1n) is 7.11. The van der Waals surface area contributed by atoms with E-state index in [1.54, 1.807) is 0 Å². The van der Waals surface area contributed by atoms with E-state index in [-0.39, 0.29) is 5.41 Å². The molecule has 0 amide bonds. The van der Waals surface area contributed by atoms with Crippen LogP contribution in [0, 0.1) is 0 Å². The largest absolute Gasteiger partial charge is 0.489 e. The minimum atomic E-state index is 0.182. The Morgan fingerprint density at radius 1 is 1.05 bits per heavy atom. The summed E-state index contributed by atoms with van der Waals surface area (Å²) in [5.74, 6) is 0.846. The number of rotatable bonds is 4. The molecule has 21 heavy (non-hydrogen) atoms. The highest BCUT2D eigenvalue weighted by Crippen LogP contribution is 2.24. The number of halogens is 1. The molecule has 0 aliphatic heterocycles. The molecular weight excluding hydrogens is 326 g/mol. The molecule has 0 spiro atoms. The van der Waals surface area contributed by atoms with Crippen LogP contribution in [0.2, 0.25) is 0 Å². The molecule has 3 heteroatoms. The molecule has 0 aliphatic carbocycles. The molecule has 2 N–H and O–H groups in total. The number of nitrogens with two attached hydrogens (primary N) is 1. The molecule has 0 saturated carbocycles. The summed E-state index contributed by atoms with van der Waals surface area (Å²) in [5.41, 5.74) is 9.43. The molecule has 0 bridgehead atoms. The van der Waals surface area contributed by atoms with Gasteiger partial charge in [0.2, 0.25) is 0 Å². The third-order valence-corrected chi connectivity index (χ3v) is 4.24. The molecule has 112 valence electrons. The van der Waals surface area contributed by atoms with Crippen LogP contribution < -0.4 is 10.5 Å². The van der Waals surface area contributed by atoms with Crippen LogP contribution in [0.25, 0.3) is 0 Å². The van der Waals surface area contributed by atoms with Gasteiger partial charge in [-0.05, 0) is 40.3 Å². The quantitative estimate of drug-likeness (QED) is 0.863. The van der Waals surface area contributed by atoms with Crippen LogP contribution in [-0.2, 0) is 18.6 Å². The zero-order chi connectivity index (χ0) is 15.5. The lowest BCUT2D eigenvalue weighted by Crippen LogP contribution is -2.10. The molecule has 2 nitrogen and oxygen atoms in total. The lowest BCUT2D eigenvalue weighted by molar-refractivity contribution is 0.306. The van der Waals surface area contributed by atoms with E-state index in [2.05, 4.69) is 61.0 Å². The van der Waals surface area contributed by atoms with Crippen molar-refractivity contribution in [2.75, 3.05) is 0 Å². The molecule has 0 radical (unpaired) electrons. The first-order chi connectivity index (χ1) is 9.90. The van der Waals surface area contributed by atoms with Crippen molar-refractivity contribution >= 4 is 15.9 Å². The van der Waals surface area contributed by atoms with Crippen LogP contribution in [0.5, 0.6) is 5.75 Å². The Balaban J connectivity index is 2.03. The van der Waals surface area contributed by atoms with Crippen LogP contribution in [0.15, 0.2) is 46.9 Å². The Kier molecular flexibility index (Phi) is 5.07. The molecule has 0 aromatic heterocycles. The maximum atomic E-state index is 5.84. The molecule has 0 unspecified atom stereocenters. The molecule has 2 aromatic carbocycles. The minimum Gasteiger partial charge on any atom is -0.489 e. The van der Waals surface area contributed by atoms with E-state index in [0.29, 0.717) is 13.2 Å². The molecular formula is C18H22BrNO. The average molecular weight is 348 g/mol. The summed E-state index contributed by atoms with van der Waals surface area (Å²) < 4.78 is 6.86. The molecule has 0 fully saturated rings. The van der Waals surface area contributed by atoms with Crippen molar-refractivity contribution in [2.45, 2.75) is 39.3 Å². The van der Waals surface area contributed by atoms with Crippen LogP contribution >= 0.6 is 15.9 Å². The van der Waals surface area contributed by atoms with E-state index in [1.807, 2.05) is 18.2 Å². The van der Waals surface area contributed by atoms with Gasteiger partial charge in [-0.25, -0.2) is 0 Å². The lowest BCUT2D eigenvalue weighted by atomic mass is 9.87. The highest BCUT2D eigenvalue weighted by atomic mass is 79.9. The van der Waals surface area contributed by atoms with Gasteiger partial charge in [0.1, 0.15) is 12.4 Å². The maximum absolute atomic E-state index is 5.84. The summed E-state index contributed by atoms with van der Waals surface area (Å²) in [6, 6.07) is 14.5. The minimum absolute atomic E-state index is 0.182. The number of hydrogen-bond acceptors (Lipinski definition) is 2. The van der Waals surface area contributed by atoms with Crippen molar-refractivity contribution in [1.29, 1.82) is 0 Å². The van der Waals surface area contributed by atoms with Crippen molar-refractivity contribution < 1.29 is 4.74 Å². The molecule has 2 rings (SSSR count). The van der Waals surface area contributed by atoms with Crippen LogP contribution in [0.1, 0.15) is 37.5 Å². The third-order valence-electron chi connectivity index (χ3n) is 3.46. The highest BCUT2D eigenvalue weighted by molar-refractivity contribution is 9.10. The summed E-state index contributed by atoms with van der Waals surface area (Å²) in [4.78, 5) is 0. The second kappa shape index (κ2) is 6.63. The smallest absolute Gasteiger partial charge is 0.120 e. The normalized spacial score (nSPS) is 11.5. The summed E-state index contributed by atoms with van der Waals surface area (Å²) >= 11 is 3.48. The predicted octanol–water partition coefficient (Wildman–Crippen LogP) is 4.78. The van der Waals surface area contributed by atoms with E-state index in [0.717, 1.165) is 15.8 Å². The molecule has 0 heterocycles. The van der Waals surface area contributed by atoms with Crippen LogP contribution in [0.3, 0.4) is 0 Å². The topological polar surface area (TPSA) is 35.2 Å². The third kappa shape index (κ3) is 4.32. The maximum Gasteiger partial charge on any atom is 0.120 e. The first kappa shape index (κ1) is 16.1. The van der Waals surface area contributed by atoms with Gasteiger partial charge in [-0.3, -0.25) is 0 Å². The van der Waals surface area contributed by atoms with Gasteiger partial charge in [-0.15, -0.1) is 0 Å². The number of benzene rings is 2. The average Bonchev–Trinajstić information content (AvgIpc) is 2.46. The van der Waals surface area contributed by atoms with Gasteiger partial charge in [0.15, 0.2) is 0 Å². The van der Waals surface area contributed by atoms with Crippen molar-refractivity contribution in [1.82, 2.24) is 0 Å². The van der Waals surface area contributed by atoms with Crippen LogP contribution in [-0.4, -0.2) is 0 Å². The SMILES string of the molecule is CC(C)(C)c1ccc(COc2ccc(Br)c(CN)c2)cc1. The van der Waals surface area contributed by atoms with E-state index < -0.39 is 0 Å². The van der Waals surface area contributed by atoms with E-state index in [9.17, 15) is 0 Å². The molecule has 2 aromatic rings. The second-order valence-corrected chi connectivity index (χ2v) is 7.05. The fourth-order valence-electron chi connectivity index (χ4n) is 2.06. The number of hydrogen-bond donors (Lipinski definition) is 1. The van der Waals surface area contributed by atoms with Crippen molar-refractivity contribution in [2.24, 2.45) is 5.73 Å². The van der Waals surface area contributed by atoms with E-state index in [4.69, 9.17) is 10.5 Å². The van der Waals surface area contributed by atoms with Gasteiger partial charge in [0.25, 0.3) is 0 Å². The van der Waals surface area contributed by atoms with Gasteiger partial charge >= 0.3 is 0 Å². The predicted molar refractivity (Wildman–Crippen MR) is 91.5 cm³/mol. The first-order valence-corrected chi connectivity index (χ1v) is 7.90. The monoisotopic (exact) mass is 347 g/mol. The van der Waals surface area contributed by atoms with Crippen LogP contribution in [0.4, 0.5) is 0 Å². The van der Waals surface area contributed by atoms with Crippen molar-refractivity contribution in [3.05, 3.63) is 63.6 Å². The van der Waals surface area contributed by atoms with E-state index in [1.165, 1.54) is 11.1 Å². The summed E-state index contributed by atoms with van der Waals surface area (Å²) in [6.45, 7) is 7.71. The molecule has 0 saturated heterocycles. The number of ether oxygens (including phenoxy) is 1. The van der Waals surface area contributed by atoms with Gasteiger partial charge < -0.3 is 10.5 Å². The lowest BCUT2D eigenvalue weighted by Gasteiger charge is -2.19. The zero-order valence-electron chi connectivity index (χ0n) is 12.8. The second-order valence-electron chi connectivity index (χ2n) is 6.19. The van der Waals surface area contributed by atoms with Gasteiger partial charge in [0, 0.05) is 11.0 Å². The Hall–Kier alpha value is -1.32. The van der Waals surface area contributed by atoms with Gasteiger partial charge in [-0.2, -0.15) is 0 Å². The standard InChI is InChI=1S/C18H22BrNO/c1-18(2,3)15-6-4-13(5-7-15)12-21-16-8-9-17(19)14(10-16)11-20/h4-10H,11-12,20H2,1-3H3. The van der Waals surface area contributed by atoms with Crippen molar-refractivity contribution in [3.8, 4) is 5.75 Å². The van der Waals surface area contributed by atoms with Gasteiger partial charge in [-0.1, -0.05) is 61.0 Å². The highest BCUT2D eigenvalue weighted by Gasteiger charge is 2.12. The fourth-order valence-corrected chi connectivity index (χ4v) is 2.47. The summed E-state index contributed by atoms with van der Waals surface area (Å²) in [7, 11) is 0. The van der Waals surface area contributed by atoms with Gasteiger partial charge in [0.05, 0.1) is 0 Å².